The quantitative estimate of drug-likeness (QED) is 0.107. The highest BCUT2D eigenvalue weighted by molar-refractivity contribution is 7.91. The molecule has 0 atom stereocenters. The third-order valence-corrected chi connectivity index (χ3v) is 12.0. The van der Waals surface area contributed by atoms with Crippen LogP contribution in [-0.2, 0) is 45.3 Å². The van der Waals surface area contributed by atoms with Crippen molar-refractivity contribution in [3.05, 3.63) is 128 Å². The van der Waals surface area contributed by atoms with Crippen LogP contribution in [0.3, 0.4) is 0 Å². The first-order valence-electron chi connectivity index (χ1n) is 16.5. The molecule has 25 heteroatoms. The summed E-state index contributed by atoms with van der Waals surface area (Å²) in [5.74, 6) is -1.85. The average molecular weight is 901 g/mol. The Bertz CT molecular complexity index is 3160. The van der Waals surface area contributed by atoms with E-state index in [0.717, 1.165) is 48.6 Å². The predicted molar refractivity (Wildman–Crippen MR) is 215 cm³/mol. The Labute approximate surface area is 340 Å². The second-order valence-corrected chi connectivity index (χ2v) is 18.5. The number of aryl methyl sites for hydroxylation is 2. The molecule has 0 fully saturated rings. The van der Waals surface area contributed by atoms with Gasteiger partial charge < -0.3 is 10.7 Å². The standard InChI is InChI=1S/C35H28N6O15S4/c1-17-3-8-27(30(11-17)58(48,49)50)39-41-32-31(59(51,52)53)13-19-12-20(4-6-24(19)33(32)43)36-35(44)37-21-5-7-25-26(15-21)29(42)16-28(34(25)60(54,55)56)40-38-22-9-18(2)10-23(14-22)57(45,46)47/h3-16,38-40H,1-2H3,(H,36,44)(H,45,46,47)(H,48,49,50)(H,51,52,53)(H,54,55,56)/b37-21?,41-32-. The lowest BCUT2D eigenvalue weighted by Gasteiger charge is -2.23. The van der Waals surface area contributed by atoms with Crippen LogP contribution in [0.15, 0.2) is 125 Å². The summed E-state index contributed by atoms with van der Waals surface area (Å²) in [6.45, 7) is 3.05. The maximum Gasteiger partial charge on any atom is 0.345 e. The van der Waals surface area contributed by atoms with Crippen molar-refractivity contribution in [1.82, 2.24) is 5.43 Å². The molecule has 60 heavy (non-hydrogen) atoms. The lowest BCUT2D eigenvalue weighted by molar-refractivity contribution is -0.111. The molecule has 21 nitrogen and oxygen atoms in total. The van der Waals surface area contributed by atoms with E-state index in [1.54, 1.807) is 0 Å². The maximum atomic E-state index is 13.4. The number of ketones is 2. The molecule has 0 saturated heterocycles. The first kappa shape index (κ1) is 43.1. The summed E-state index contributed by atoms with van der Waals surface area (Å²) in [4.78, 5) is 40.6. The van der Waals surface area contributed by atoms with Crippen LogP contribution in [-0.4, -0.2) is 80.9 Å². The SMILES string of the molecule is Cc1cc(NNC2=CC(=O)C3=CC(=NC(=O)Nc4ccc5c(c4)C=C(S(=O)(=O)O)/C(=N/Nc4ccc(C)cc4S(=O)(=O)O)C5=O)C=CC3=C2S(=O)(=O)O)cc(S(=O)(=O)O)c1. The fourth-order valence-corrected chi connectivity index (χ4v) is 8.78. The number of anilines is 3. The Hall–Kier alpha value is -6.45. The van der Waals surface area contributed by atoms with Gasteiger partial charge in [0.25, 0.3) is 40.5 Å². The fourth-order valence-electron chi connectivity index (χ4n) is 5.94. The third kappa shape index (κ3) is 9.37. The Morgan fingerprint density at radius 2 is 1.40 bits per heavy atom. The van der Waals surface area contributed by atoms with Crippen LogP contribution in [0.2, 0.25) is 0 Å². The molecule has 0 spiro atoms. The topological polar surface area (TPSA) is 342 Å². The van der Waals surface area contributed by atoms with Crippen LogP contribution >= 0.6 is 0 Å². The number of hydrazone groups is 1. The second kappa shape index (κ2) is 15.6. The van der Waals surface area contributed by atoms with Gasteiger partial charge in [0, 0.05) is 28.5 Å². The van der Waals surface area contributed by atoms with E-state index >= 15 is 0 Å². The number of amides is 2. The predicted octanol–water partition coefficient (Wildman–Crippen LogP) is 3.38. The van der Waals surface area contributed by atoms with Crippen molar-refractivity contribution in [1.29, 1.82) is 0 Å². The number of hydrogen-bond donors (Lipinski definition) is 8. The third-order valence-electron chi connectivity index (χ3n) is 8.48. The van der Waals surface area contributed by atoms with E-state index in [1.807, 2.05) is 0 Å². The van der Waals surface area contributed by atoms with Crippen molar-refractivity contribution in [3.8, 4) is 0 Å². The number of nitrogens with one attached hydrogen (secondary N) is 4. The van der Waals surface area contributed by atoms with Crippen molar-refractivity contribution < 1.29 is 66.3 Å². The van der Waals surface area contributed by atoms with Crippen LogP contribution in [0.1, 0.15) is 27.0 Å². The van der Waals surface area contributed by atoms with Crippen molar-refractivity contribution in [2.24, 2.45) is 10.1 Å². The number of hydrazine groups is 1. The highest BCUT2D eigenvalue weighted by atomic mass is 32.2. The van der Waals surface area contributed by atoms with E-state index in [0.29, 0.717) is 11.1 Å². The van der Waals surface area contributed by atoms with Crippen molar-refractivity contribution >= 4 is 92.6 Å². The number of carbonyl (C=O) groups excluding carboxylic acids is 3. The minimum atomic E-state index is -5.16. The Morgan fingerprint density at radius 1 is 0.683 bits per heavy atom. The van der Waals surface area contributed by atoms with E-state index in [2.05, 4.69) is 31.7 Å². The molecule has 312 valence electrons. The molecule has 0 heterocycles. The summed E-state index contributed by atoms with van der Waals surface area (Å²) in [5.41, 5.74) is 5.35. The average Bonchev–Trinajstić information content (AvgIpc) is 3.12. The van der Waals surface area contributed by atoms with E-state index in [9.17, 15) is 66.3 Å². The normalized spacial score (nSPS) is 17.1. The van der Waals surface area contributed by atoms with E-state index in [-0.39, 0.29) is 45.0 Å². The van der Waals surface area contributed by atoms with Gasteiger partial charge in [-0.2, -0.15) is 43.8 Å². The number of urea groups is 1. The Kier molecular flexibility index (Phi) is 11.2. The van der Waals surface area contributed by atoms with E-state index in [1.165, 1.54) is 50.2 Å². The largest absolute Gasteiger partial charge is 0.345 e. The molecule has 0 aromatic heterocycles. The molecule has 0 bridgehead atoms. The zero-order valence-electron chi connectivity index (χ0n) is 30.4. The van der Waals surface area contributed by atoms with Crippen LogP contribution in [0.25, 0.3) is 6.08 Å². The van der Waals surface area contributed by atoms with Gasteiger partial charge in [0.15, 0.2) is 11.5 Å². The lowest BCUT2D eigenvalue weighted by Crippen LogP contribution is -2.30. The molecule has 2 amide bonds. The van der Waals surface area contributed by atoms with Gasteiger partial charge in [-0.3, -0.25) is 38.7 Å². The van der Waals surface area contributed by atoms with Gasteiger partial charge in [-0.15, -0.1) is 0 Å². The minimum absolute atomic E-state index is 0.0287. The van der Waals surface area contributed by atoms with Gasteiger partial charge in [-0.05, 0) is 97.3 Å². The monoisotopic (exact) mass is 900 g/mol. The molecule has 0 saturated carbocycles. The van der Waals surface area contributed by atoms with Crippen LogP contribution < -0.4 is 21.6 Å². The number of hydrogen-bond acceptors (Lipinski definition) is 15. The molecule has 0 aliphatic heterocycles. The van der Waals surface area contributed by atoms with Gasteiger partial charge in [-0.25, -0.2) is 4.79 Å². The van der Waals surface area contributed by atoms with Crippen molar-refractivity contribution in [2.45, 2.75) is 23.6 Å². The highest BCUT2D eigenvalue weighted by Gasteiger charge is 2.35. The minimum Gasteiger partial charge on any atom is -0.306 e. The summed E-state index contributed by atoms with van der Waals surface area (Å²) in [7, 11) is -19.6. The Balaban J connectivity index is 1.24. The molecule has 8 N–H and O–H groups in total. The van der Waals surface area contributed by atoms with Gasteiger partial charge in [0.2, 0.25) is 5.78 Å². The maximum absolute atomic E-state index is 13.4. The van der Waals surface area contributed by atoms with E-state index < -0.39 is 89.1 Å². The molecular formula is C35H28N6O15S4. The molecule has 3 aromatic carbocycles. The summed E-state index contributed by atoms with van der Waals surface area (Å²) in [5, 5.41) is 6.12. The number of allylic oxidation sites excluding steroid dienone is 7. The molecule has 3 aromatic rings. The number of fused-ring (bicyclic) bond motifs is 2. The molecule has 0 radical (unpaired) electrons. The summed E-state index contributed by atoms with van der Waals surface area (Å²) in [6.07, 6.45) is 4.95. The lowest BCUT2D eigenvalue weighted by atomic mass is 9.90. The number of aliphatic imine (C=N–C) groups is 1. The first-order valence-corrected chi connectivity index (χ1v) is 22.2. The molecule has 3 aliphatic carbocycles. The van der Waals surface area contributed by atoms with Gasteiger partial charge in [0.1, 0.15) is 14.7 Å². The zero-order chi connectivity index (χ0) is 44.1. The molecule has 0 unspecified atom stereocenters. The van der Waals surface area contributed by atoms with Crippen LogP contribution in [0.5, 0.6) is 0 Å². The number of Topliss-reactive ketones (excluding diaryl/α,β-unsaturated/α-hetero) is 1. The van der Waals surface area contributed by atoms with Gasteiger partial charge >= 0.3 is 6.03 Å². The number of benzene rings is 3. The summed E-state index contributed by atoms with van der Waals surface area (Å²) < 4.78 is 136. The van der Waals surface area contributed by atoms with Gasteiger partial charge in [0.05, 0.1) is 27.7 Å². The van der Waals surface area contributed by atoms with Crippen molar-refractivity contribution in [3.63, 3.8) is 0 Å². The van der Waals surface area contributed by atoms with Gasteiger partial charge in [-0.1, -0.05) is 12.1 Å². The first-order chi connectivity index (χ1) is 27.8. The highest BCUT2D eigenvalue weighted by Crippen LogP contribution is 2.34. The number of rotatable bonds is 10. The zero-order valence-corrected chi connectivity index (χ0v) is 33.7. The summed E-state index contributed by atoms with van der Waals surface area (Å²) >= 11 is 0. The number of nitrogens with zero attached hydrogens (tertiary/aromatic N) is 2. The van der Waals surface area contributed by atoms with E-state index in [4.69, 9.17) is 0 Å². The second-order valence-electron chi connectivity index (χ2n) is 12.9. The Morgan fingerprint density at radius 3 is 2.05 bits per heavy atom. The van der Waals surface area contributed by atoms with Crippen LogP contribution in [0, 0.1) is 13.8 Å². The fraction of sp³-hybridized carbons (Fsp3) is 0.0571. The molecule has 3 aliphatic rings. The summed E-state index contributed by atoms with van der Waals surface area (Å²) in [6, 6.07) is 9.84. The number of carbonyl (C=O) groups is 3. The van der Waals surface area contributed by atoms with Crippen molar-refractivity contribution in [2.75, 3.05) is 16.2 Å². The smallest absolute Gasteiger partial charge is 0.306 e. The molecular weight excluding hydrogens is 873 g/mol. The molecule has 6 rings (SSSR count). The van der Waals surface area contributed by atoms with Crippen LogP contribution in [0.4, 0.5) is 21.9 Å².